The van der Waals surface area contributed by atoms with E-state index in [0.717, 1.165) is 28.0 Å². The fourth-order valence-electron chi connectivity index (χ4n) is 4.05. The van der Waals surface area contributed by atoms with Crippen LogP contribution in [-0.2, 0) is 11.3 Å². The van der Waals surface area contributed by atoms with Crippen molar-refractivity contribution in [1.82, 2.24) is 5.32 Å². The Hall–Kier alpha value is -3.84. The number of nitrogens with zero attached hydrogens (tertiary/aromatic N) is 2. The first-order valence-corrected chi connectivity index (χ1v) is 10.3. The summed E-state index contributed by atoms with van der Waals surface area (Å²) in [6.07, 6.45) is 3.53. The molecule has 0 radical (unpaired) electrons. The maximum atomic E-state index is 12.3. The highest BCUT2D eigenvalue weighted by molar-refractivity contribution is 6.17. The zero-order valence-electron chi connectivity index (χ0n) is 18.6. The van der Waals surface area contributed by atoms with Crippen molar-refractivity contribution < 1.29 is 14.6 Å². The Kier molecular flexibility index (Phi) is 5.59. The molecule has 2 aromatic rings. The summed E-state index contributed by atoms with van der Waals surface area (Å²) in [4.78, 5) is 18.4. The van der Waals surface area contributed by atoms with Crippen molar-refractivity contribution in [2.45, 2.75) is 6.54 Å². The molecule has 1 aliphatic heterocycles. The van der Waals surface area contributed by atoms with Gasteiger partial charge in [0.1, 0.15) is 11.5 Å². The molecule has 0 aromatic heterocycles. The summed E-state index contributed by atoms with van der Waals surface area (Å²) in [7, 11) is 7.41. The molecule has 4 N–H and O–H groups in total. The SMILES string of the molecule is CN=C1C=C/C(=C2\c3ccc(CNC)cc3Oc3cc(N(C)C)ccc32)C(C(=O)O)=C1N. The van der Waals surface area contributed by atoms with Gasteiger partial charge in [-0.15, -0.1) is 0 Å². The number of aliphatic imine (C=N–C) groups is 1. The van der Waals surface area contributed by atoms with Crippen molar-refractivity contribution in [3.8, 4) is 11.5 Å². The molecule has 2 aromatic carbocycles. The Morgan fingerprint density at radius 2 is 1.81 bits per heavy atom. The molecule has 0 amide bonds. The largest absolute Gasteiger partial charge is 0.478 e. The van der Waals surface area contributed by atoms with E-state index in [1.165, 1.54) is 0 Å². The van der Waals surface area contributed by atoms with Gasteiger partial charge in [-0.2, -0.15) is 0 Å². The first-order chi connectivity index (χ1) is 15.3. The summed E-state index contributed by atoms with van der Waals surface area (Å²) in [5, 5.41) is 13.2. The van der Waals surface area contributed by atoms with Crippen LogP contribution in [0.15, 0.2) is 70.4 Å². The van der Waals surface area contributed by atoms with Crippen LogP contribution in [-0.4, -0.2) is 45.0 Å². The Morgan fingerprint density at radius 3 is 2.44 bits per heavy atom. The van der Waals surface area contributed by atoms with E-state index in [-0.39, 0.29) is 11.3 Å². The van der Waals surface area contributed by atoms with E-state index < -0.39 is 5.97 Å². The highest BCUT2D eigenvalue weighted by atomic mass is 16.5. The zero-order valence-corrected chi connectivity index (χ0v) is 18.6. The van der Waals surface area contributed by atoms with Gasteiger partial charge in [0.25, 0.3) is 0 Å². The molecule has 0 saturated heterocycles. The number of anilines is 1. The van der Waals surface area contributed by atoms with Gasteiger partial charge in [-0.05, 0) is 42.5 Å². The van der Waals surface area contributed by atoms with E-state index >= 15 is 0 Å². The number of benzene rings is 2. The van der Waals surface area contributed by atoms with E-state index in [2.05, 4.69) is 10.3 Å². The number of allylic oxidation sites excluding steroid dienone is 2. The second-order valence-electron chi connectivity index (χ2n) is 7.86. The monoisotopic (exact) mass is 430 g/mol. The number of hydrogen-bond acceptors (Lipinski definition) is 6. The van der Waals surface area contributed by atoms with Crippen LogP contribution < -0.4 is 20.7 Å². The van der Waals surface area contributed by atoms with E-state index in [0.29, 0.717) is 29.3 Å². The van der Waals surface area contributed by atoms with Crippen LogP contribution in [0, 0.1) is 0 Å². The number of fused-ring (bicyclic) bond motifs is 2. The predicted octanol–water partition coefficient (Wildman–Crippen LogP) is 3.32. The van der Waals surface area contributed by atoms with Crippen molar-refractivity contribution in [3.05, 3.63) is 82.1 Å². The molecule has 0 spiro atoms. The molecule has 164 valence electrons. The Bertz CT molecular complexity index is 1240. The molecule has 0 saturated carbocycles. The van der Waals surface area contributed by atoms with Gasteiger partial charge in [-0.3, -0.25) is 4.99 Å². The van der Waals surface area contributed by atoms with Crippen molar-refractivity contribution in [2.24, 2.45) is 10.7 Å². The molecule has 0 bridgehead atoms. The van der Waals surface area contributed by atoms with Crippen LogP contribution in [0.2, 0.25) is 0 Å². The van der Waals surface area contributed by atoms with Gasteiger partial charge in [-0.25, -0.2) is 4.79 Å². The van der Waals surface area contributed by atoms with Gasteiger partial charge in [-0.1, -0.05) is 18.2 Å². The fourth-order valence-corrected chi connectivity index (χ4v) is 4.05. The van der Waals surface area contributed by atoms with Crippen LogP contribution in [0.25, 0.3) is 5.57 Å². The minimum absolute atomic E-state index is 0.0397. The van der Waals surface area contributed by atoms with Gasteiger partial charge < -0.3 is 25.8 Å². The molecule has 2 aliphatic rings. The van der Waals surface area contributed by atoms with Gasteiger partial charge in [0.2, 0.25) is 0 Å². The summed E-state index contributed by atoms with van der Waals surface area (Å²) in [6, 6.07) is 11.9. The predicted molar refractivity (Wildman–Crippen MR) is 127 cm³/mol. The van der Waals surface area contributed by atoms with Crippen molar-refractivity contribution in [1.29, 1.82) is 0 Å². The average molecular weight is 431 g/mol. The first-order valence-electron chi connectivity index (χ1n) is 10.3. The van der Waals surface area contributed by atoms with E-state index in [1.807, 2.05) is 62.4 Å². The number of nitrogens with two attached hydrogens (primary N) is 1. The molecule has 1 aliphatic carbocycles. The molecule has 0 atom stereocenters. The molecule has 0 unspecified atom stereocenters. The van der Waals surface area contributed by atoms with Crippen LogP contribution in [0.5, 0.6) is 11.5 Å². The summed E-state index contributed by atoms with van der Waals surface area (Å²) in [5.74, 6) is 0.247. The standard InChI is InChI=1S/C25H26N4O3/c1-27-13-14-5-7-16-20(11-14)32-21-12-15(29(3)4)6-8-17(21)22(16)18-9-10-19(28-2)24(26)23(18)25(30)31/h5-12,27H,13,26H2,1-4H3,(H,30,31)/b22-18-,28-19?. The number of rotatable bonds is 4. The van der Waals surface area contributed by atoms with Gasteiger partial charge in [0.05, 0.1) is 17.0 Å². The van der Waals surface area contributed by atoms with Crippen molar-refractivity contribution in [2.75, 3.05) is 33.1 Å². The lowest BCUT2D eigenvalue weighted by molar-refractivity contribution is -0.132. The maximum Gasteiger partial charge on any atom is 0.338 e. The van der Waals surface area contributed by atoms with Crippen LogP contribution in [0.4, 0.5) is 5.69 Å². The normalized spacial score (nSPS) is 18.3. The molecule has 7 heteroatoms. The minimum atomic E-state index is -1.10. The molecular formula is C25H26N4O3. The Morgan fingerprint density at radius 1 is 1.12 bits per heavy atom. The number of carboxylic acids is 1. The molecule has 0 fully saturated rings. The number of carboxylic acid groups (broad SMARTS) is 1. The van der Waals surface area contributed by atoms with Crippen molar-refractivity contribution >= 4 is 22.9 Å². The quantitative estimate of drug-likeness (QED) is 0.587. The smallest absolute Gasteiger partial charge is 0.338 e. The number of nitrogens with one attached hydrogen (secondary N) is 1. The number of ether oxygens (including phenoxy) is 1. The fraction of sp³-hybridized carbons (Fsp3) is 0.200. The molecular weight excluding hydrogens is 404 g/mol. The summed E-state index contributed by atoms with van der Waals surface area (Å²) in [6.45, 7) is 0.691. The second kappa shape index (κ2) is 8.36. The van der Waals surface area contributed by atoms with E-state index in [9.17, 15) is 9.90 Å². The molecule has 4 rings (SSSR count). The highest BCUT2D eigenvalue weighted by Crippen LogP contribution is 2.48. The van der Waals surface area contributed by atoms with E-state index in [1.54, 1.807) is 19.2 Å². The molecule has 32 heavy (non-hydrogen) atoms. The van der Waals surface area contributed by atoms with Gasteiger partial charge >= 0.3 is 5.97 Å². The number of carbonyl (C=O) groups is 1. The topological polar surface area (TPSA) is 100 Å². The second-order valence-corrected chi connectivity index (χ2v) is 7.86. The van der Waals surface area contributed by atoms with Crippen LogP contribution in [0.1, 0.15) is 16.7 Å². The number of aliphatic carboxylic acids is 1. The Labute approximate surface area is 187 Å². The lowest BCUT2D eigenvalue weighted by Crippen LogP contribution is -2.22. The lowest BCUT2D eigenvalue weighted by atomic mass is 9.83. The summed E-state index contributed by atoms with van der Waals surface area (Å²) < 4.78 is 6.31. The van der Waals surface area contributed by atoms with Gasteiger partial charge in [0, 0.05) is 56.1 Å². The first kappa shape index (κ1) is 21.4. The van der Waals surface area contributed by atoms with Crippen LogP contribution >= 0.6 is 0 Å². The number of hydrogen-bond donors (Lipinski definition) is 3. The third-order valence-corrected chi connectivity index (χ3v) is 5.61. The zero-order chi connectivity index (χ0) is 23.0. The molecule has 7 nitrogen and oxygen atoms in total. The third-order valence-electron chi connectivity index (χ3n) is 5.61. The lowest BCUT2D eigenvalue weighted by Gasteiger charge is -2.28. The highest BCUT2D eigenvalue weighted by Gasteiger charge is 2.31. The van der Waals surface area contributed by atoms with Crippen LogP contribution in [0.3, 0.4) is 0 Å². The van der Waals surface area contributed by atoms with Gasteiger partial charge in [0.15, 0.2) is 0 Å². The van der Waals surface area contributed by atoms with Crippen molar-refractivity contribution in [3.63, 3.8) is 0 Å². The summed E-state index contributed by atoms with van der Waals surface area (Å²) in [5.41, 5.74) is 11.9. The molecule has 1 heterocycles. The van der Waals surface area contributed by atoms with E-state index in [4.69, 9.17) is 10.5 Å². The maximum absolute atomic E-state index is 12.3. The average Bonchev–Trinajstić information content (AvgIpc) is 2.76. The summed E-state index contributed by atoms with van der Waals surface area (Å²) >= 11 is 0. The minimum Gasteiger partial charge on any atom is -0.478 e. The third kappa shape index (κ3) is 3.56. The Balaban J connectivity index is 2.05.